The fraction of sp³-hybridized carbons (Fsp3) is 0.600. The van der Waals surface area contributed by atoms with Crippen LogP contribution in [0.1, 0.15) is 12.8 Å². The van der Waals surface area contributed by atoms with Gasteiger partial charge in [0.05, 0.1) is 0 Å². The second-order valence-electron chi connectivity index (χ2n) is 1.36. The molecule has 0 bridgehead atoms. The molecular weight excluding hydrogens is 105 g/mol. The Bertz CT molecular complexity index is 52.0. The van der Waals surface area contributed by atoms with E-state index >= 15 is 0 Å². The molecule has 42 valence electrons. The molecule has 0 aliphatic rings. The first-order valence-electron chi connectivity index (χ1n) is 2.48. The first-order valence-corrected chi connectivity index (χ1v) is 3.30. The standard InChI is InChI=1S/C5H12NP/c6-4-2-1-3-5-7/h2,4H,1,3,5-7H2/b4-2-. The van der Waals surface area contributed by atoms with Gasteiger partial charge >= 0.3 is 0 Å². The van der Waals surface area contributed by atoms with Crippen LogP contribution in [0.25, 0.3) is 0 Å². The lowest BCUT2D eigenvalue weighted by Gasteiger charge is -1.83. The van der Waals surface area contributed by atoms with Crippen molar-refractivity contribution in [1.29, 1.82) is 0 Å². The van der Waals surface area contributed by atoms with Gasteiger partial charge < -0.3 is 5.73 Å². The van der Waals surface area contributed by atoms with Gasteiger partial charge in [0, 0.05) is 0 Å². The molecule has 2 heteroatoms. The van der Waals surface area contributed by atoms with Gasteiger partial charge in [0.1, 0.15) is 0 Å². The molecule has 0 spiro atoms. The average Bonchev–Trinajstić information content (AvgIpc) is 1.69. The summed E-state index contributed by atoms with van der Waals surface area (Å²) in [6.07, 6.45) is 7.08. The van der Waals surface area contributed by atoms with E-state index in [0.29, 0.717) is 0 Å². The van der Waals surface area contributed by atoms with Crippen molar-refractivity contribution in [2.24, 2.45) is 5.73 Å². The molecule has 7 heavy (non-hydrogen) atoms. The second-order valence-corrected chi connectivity index (χ2v) is 1.94. The molecule has 0 aromatic carbocycles. The first-order chi connectivity index (χ1) is 3.41. The monoisotopic (exact) mass is 117 g/mol. The van der Waals surface area contributed by atoms with E-state index in [9.17, 15) is 0 Å². The summed E-state index contributed by atoms with van der Waals surface area (Å²) in [5.41, 5.74) is 5.08. The lowest BCUT2D eigenvalue weighted by Crippen LogP contribution is -1.76. The highest BCUT2D eigenvalue weighted by atomic mass is 31.0. The lowest BCUT2D eigenvalue weighted by atomic mass is 10.3. The van der Waals surface area contributed by atoms with Gasteiger partial charge in [-0.25, -0.2) is 0 Å². The van der Waals surface area contributed by atoms with Crippen molar-refractivity contribution in [3.8, 4) is 0 Å². The minimum atomic E-state index is 1.11. The smallest absolute Gasteiger partial charge is 0.0103 e. The Labute approximate surface area is 47.2 Å². The van der Waals surface area contributed by atoms with Crippen LogP contribution in [0, 0.1) is 0 Å². The van der Waals surface area contributed by atoms with Crippen molar-refractivity contribution in [2.75, 3.05) is 6.16 Å². The summed E-state index contributed by atoms with van der Waals surface area (Å²) in [5.74, 6) is 0. The molecule has 0 heterocycles. The van der Waals surface area contributed by atoms with E-state index in [1.165, 1.54) is 12.6 Å². The minimum Gasteiger partial charge on any atom is -0.405 e. The van der Waals surface area contributed by atoms with Gasteiger partial charge in [-0.15, -0.1) is 9.24 Å². The zero-order chi connectivity index (χ0) is 5.54. The maximum atomic E-state index is 5.08. The lowest BCUT2D eigenvalue weighted by molar-refractivity contribution is 0.969. The molecule has 0 saturated heterocycles. The fourth-order valence-corrected chi connectivity index (χ4v) is 0.568. The normalized spacial score (nSPS) is 10.4. The molecule has 0 radical (unpaired) electrons. The molecule has 1 nitrogen and oxygen atoms in total. The van der Waals surface area contributed by atoms with Gasteiger partial charge in [-0.05, 0) is 25.2 Å². The highest BCUT2D eigenvalue weighted by Crippen LogP contribution is 1.93. The van der Waals surface area contributed by atoms with Crippen molar-refractivity contribution in [3.63, 3.8) is 0 Å². The summed E-state index contributed by atoms with van der Waals surface area (Å²) in [4.78, 5) is 0. The van der Waals surface area contributed by atoms with Crippen LogP contribution < -0.4 is 5.73 Å². The van der Waals surface area contributed by atoms with Crippen LogP contribution >= 0.6 is 9.24 Å². The number of unbranched alkanes of at least 4 members (excludes halogenated alkanes) is 1. The molecule has 0 aromatic heterocycles. The predicted molar refractivity (Wildman–Crippen MR) is 37.1 cm³/mol. The van der Waals surface area contributed by atoms with Gasteiger partial charge in [-0.1, -0.05) is 6.08 Å². The zero-order valence-electron chi connectivity index (χ0n) is 4.43. The number of allylic oxidation sites excluding steroid dienone is 1. The van der Waals surface area contributed by atoms with E-state index in [2.05, 4.69) is 9.24 Å². The Morgan fingerprint density at radius 1 is 1.57 bits per heavy atom. The number of hydrogen-bond donors (Lipinski definition) is 1. The summed E-state index contributed by atoms with van der Waals surface area (Å²) in [7, 11) is 2.67. The molecule has 0 rings (SSSR count). The van der Waals surface area contributed by atoms with Crippen LogP contribution in [0.5, 0.6) is 0 Å². The summed E-state index contributed by atoms with van der Waals surface area (Å²) in [5, 5.41) is 0. The SMILES string of the molecule is N/C=C\CCCP. The third-order valence-electron chi connectivity index (χ3n) is 0.711. The topological polar surface area (TPSA) is 26.0 Å². The van der Waals surface area contributed by atoms with Crippen molar-refractivity contribution in [3.05, 3.63) is 12.3 Å². The molecule has 2 N–H and O–H groups in total. The second kappa shape index (κ2) is 5.97. The Kier molecular flexibility index (Phi) is 5.94. The van der Waals surface area contributed by atoms with E-state index in [0.717, 1.165) is 6.42 Å². The van der Waals surface area contributed by atoms with Gasteiger partial charge in [0.2, 0.25) is 0 Å². The summed E-state index contributed by atoms with van der Waals surface area (Å²) in [6, 6.07) is 0. The number of nitrogens with two attached hydrogens (primary N) is 1. The Morgan fingerprint density at radius 3 is 2.71 bits per heavy atom. The molecule has 0 amide bonds. The molecule has 0 aliphatic carbocycles. The molecule has 0 fully saturated rings. The van der Waals surface area contributed by atoms with Gasteiger partial charge in [-0.2, -0.15) is 0 Å². The summed E-state index contributed by atoms with van der Waals surface area (Å²) < 4.78 is 0. The van der Waals surface area contributed by atoms with E-state index in [4.69, 9.17) is 5.73 Å². The third kappa shape index (κ3) is 5.97. The quantitative estimate of drug-likeness (QED) is 0.435. The van der Waals surface area contributed by atoms with Gasteiger partial charge in [0.15, 0.2) is 0 Å². The van der Waals surface area contributed by atoms with Crippen LogP contribution in [0.2, 0.25) is 0 Å². The van der Waals surface area contributed by atoms with Crippen LogP contribution in [-0.4, -0.2) is 6.16 Å². The number of hydrogen-bond acceptors (Lipinski definition) is 1. The van der Waals surface area contributed by atoms with E-state index in [1.807, 2.05) is 6.08 Å². The molecule has 1 unspecified atom stereocenters. The number of rotatable bonds is 3. The molecule has 0 saturated carbocycles. The fourth-order valence-electron chi connectivity index (χ4n) is 0.332. The Hall–Kier alpha value is -0.0300. The highest BCUT2D eigenvalue weighted by Gasteiger charge is 1.73. The Morgan fingerprint density at radius 2 is 2.29 bits per heavy atom. The minimum absolute atomic E-state index is 1.11. The van der Waals surface area contributed by atoms with E-state index in [-0.39, 0.29) is 0 Å². The first kappa shape index (κ1) is 6.97. The largest absolute Gasteiger partial charge is 0.405 e. The van der Waals surface area contributed by atoms with Crippen LogP contribution in [0.3, 0.4) is 0 Å². The third-order valence-corrected chi connectivity index (χ3v) is 1.12. The van der Waals surface area contributed by atoms with E-state index in [1.54, 1.807) is 6.20 Å². The van der Waals surface area contributed by atoms with Crippen LogP contribution in [0.4, 0.5) is 0 Å². The summed E-state index contributed by atoms with van der Waals surface area (Å²) in [6.45, 7) is 0. The van der Waals surface area contributed by atoms with Crippen molar-refractivity contribution in [2.45, 2.75) is 12.8 Å². The summed E-state index contributed by atoms with van der Waals surface area (Å²) >= 11 is 0. The highest BCUT2D eigenvalue weighted by molar-refractivity contribution is 7.16. The van der Waals surface area contributed by atoms with Gasteiger partial charge in [-0.3, -0.25) is 0 Å². The van der Waals surface area contributed by atoms with E-state index < -0.39 is 0 Å². The molecule has 0 aliphatic heterocycles. The molecular formula is C5H12NP. The van der Waals surface area contributed by atoms with Crippen LogP contribution in [0.15, 0.2) is 12.3 Å². The van der Waals surface area contributed by atoms with Gasteiger partial charge in [0.25, 0.3) is 0 Å². The maximum absolute atomic E-state index is 5.08. The average molecular weight is 117 g/mol. The molecule has 1 atom stereocenters. The maximum Gasteiger partial charge on any atom is -0.0103 e. The predicted octanol–water partition coefficient (Wildman–Crippen LogP) is 1.11. The van der Waals surface area contributed by atoms with Crippen molar-refractivity contribution < 1.29 is 0 Å². The van der Waals surface area contributed by atoms with Crippen molar-refractivity contribution in [1.82, 2.24) is 0 Å². The molecule has 0 aromatic rings. The van der Waals surface area contributed by atoms with Crippen LogP contribution in [-0.2, 0) is 0 Å². The zero-order valence-corrected chi connectivity index (χ0v) is 5.59. The Balaban J connectivity index is 2.69. The van der Waals surface area contributed by atoms with Crippen molar-refractivity contribution >= 4 is 9.24 Å².